The van der Waals surface area contributed by atoms with Crippen LogP contribution >= 0.6 is 0 Å². The second-order valence-corrected chi connectivity index (χ2v) is 4.27. The van der Waals surface area contributed by atoms with Crippen molar-refractivity contribution in [3.05, 3.63) is 12.7 Å². The predicted molar refractivity (Wildman–Crippen MR) is 50.0 cm³/mol. The molecule has 4 atom stereocenters. The number of cyclic esters (lactones) is 1. The Labute approximate surface area is 79.0 Å². The summed E-state index contributed by atoms with van der Waals surface area (Å²) in [5.41, 5.74) is 0. The molecule has 0 radical (unpaired) electrons. The fraction of sp³-hybridized carbons (Fsp3) is 0.727. The van der Waals surface area contributed by atoms with Crippen LogP contribution in [0.3, 0.4) is 0 Å². The number of hydrogen-bond acceptors (Lipinski definition) is 2. The smallest absolute Gasteiger partial charge is 0.309 e. The van der Waals surface area contributed by atoms with Crippen LogP contribution in [0, 0.1) is 23.7 Å². The molecule has 0 spiro atoms. The van der Waals surface area contributed by atoms with E-state index in [9.17, 15) is 4.79 Å². The molecule has 0 aromatic heterocycles. The molecule has 0 bridgehead atoms. The Morgan fingerprint density at radius 1 is 1.54 bits per heavy atom. The third-order valence-electron chi connectivity index (χ3n) is 3.57. The molecule has 72 valence electrons. The second-order valence-electron chi connectivity index (χ2n) is 4.27. The summed E-state index contributed by atoms with van der Waals surface area (Å²) in [6.45, 7) is 6.51. The van der Waals surface area contributed by atoms with Crippen molar-refractivity contribution in [2.75, 3.05) is 6.61 Å². The van der Waals surface area contributed by atoms with Gasteiger partial charge in [-0.05, 0) is 24.7 Å². The molecule has 2 rings (SSSR count). The number of hydrogen-bond donors (Lipinski definition) is 0. The number of carbonyl (C=O) groups excluding carboxylic acids is 1. The number of fused-ring (bicyclic) bond motifs is 1. The average molecular weight is 180 g/mol. The Bertz CT molecular complexity index is 234. The summed E-state index contributed by atoms with van der Waals surface area (Å²) in [7, 11) is 0. The van der Waals surface area contributed by atoms with Crippen molar-refractivity contribution in [3.63, 3.8) is 0 Å². The lowest BCUT2D eigenvalue weighted by molar-refractivity contribution is -0.159. The largest absolute Gasteiger partial charge is 0.465 e. The Hall–Kier alpha value is -0.790. The molecular formula is C11H16O2. The van der Waals surface area contributed by atoms with Gasteiger partial charge in [-0.1, -0.05) is 13.0 Å². The van der Waals surface area contributed by atoms with Crippen LogP contribution in [0.4, 0.5) is 0 Å². The van der Waals surface area contributed by atoms with Gasteiger partial charge in [0.2, 0.25) is 0 Å². The van der Waals surface area contributed by atoms with Gasteiger partial charge in [0, 0.05) is 5.92 Å². The molecule has 2 aliphatic rings. The van der Waals surface area contributed by atoms with Crippen molar-refractivity contribution in [3.8, 4) is 0 Å². The van der Waals surface area contributed by atoms with Gasteiger partial charge in [0.1, 0.15) is 0 Å². The van der Waals surface area contributed by atoms with Gasteiger partial charge in [-0.15, -0.1) is 6.58 Å². The number of carbonyl (C=O) groups is 1. The molecule has 13 heavy (non-hydrogen) atoms. The zero-order valence-corrected chi connectivity index (χ0v) is 8.03. The van der Waals surface area contributed by atoms with Crippen molar-refractivity contribution >= 4 is 5.97 Å². The highest BCUT2D eigenvalue weighted by Crippen LogP contribution is 2.44. The van der Waals surface area contributed by atoms with Gasteiger partial charge in [0.15, 0.2) is 0 Å². The zero-order chi connectivity index (χ0) is 9.42. The van der Waals surface area contributed by atoms with Crippen LogP contribution in [0.15, 0.2) is 12.7 Å². The topological polar surface area (TPSA) is 26.3 Å². The summed E-state index contributed by atoms with van der Waals surface area (Å²) >= 11 is 0. The van der Waals surface area contributed by atoms with Gasteiger partial charge in [-0.3, -0.25) is 4.79 Å². The summed E-state index contributed by atoms with van der Waals surface area (Å²) < 4.78 is 5.16. The normalized spacial score (nSPS) is 43.9. The fourth-order valence-corrected chi connectivity index (χ4v) is 2.76. The maximum atomic E-state index is 11.5. The first kappa shape index (κ1) is 8.79. The predicted octanol–water partition coefficient (Wildman–Crippen LogP) is 2.01. The van der Waals surface area contributed by atoms with Gasteiger partial charge in [0.05, 0.1) is 12.5 Å². The van der Waals surface area contributed by atoms with E-state index in [1.807, 2.05) is 6.08 Å². The van der Waals surface area contributed by atoms with E-state index in [0.29, 0.717) is 24.4 Å². The Morgan fingerprint density at radius 3 is 3.00 bits per heavy atom. The Balaban J connectivity index is 2.20. The third kappa shape index (κ3) is 1.28. The molecular weight excluding hydrogens is 164 g/mol. The van der Waals surface area contributed by atoms with Gasteiger partial charge in [-0.2, -0.15) is 0 Å². The lowest BCUT2D eigenvalue weighted by Crippen LogP contribution is -2.37. The number of rotatable bonds is 1. The molecule has 2 heteroatoms. The Kier molecular flexibility index (Phi) is 2.14. The summed E-state index contributed by atoms with van der Waals surface area (Å²) in [4.78, 5) is 11.5. The molecule has 1 saturated carbocycles. The summed E-state index contributed by atoms with van der Waals surface area (Å²) in [5, 5.41) is 0. The summed E-state index contributed by atoms with van der Waals surface area (Å²) in [6.07, 6.45) is 4.27. The minimum Gasteiger partial charge on any atom is -0.465 e. The fourth-order valence-electron chi connectivity index (χ4n) is 2.76. The van der Waals surface area contributed by atoms with E-state index >= 15 is 0 Å². The van der Waals surface area contributed by atoms with E-state index in [0.717, 1.165) is 12.8 Å². The van der Waals surface area contributed by atoms with E-state index in [2.05, 4.69) is 13.5 Å². The standard InChI is InChI=1S/C11H16O2/c1-3-8-6-13-11(12)10-7(2)4-5-9(8)10/h3,7-10H,1,4-6H2,2H3/t7-,8-,9+,10+/m0/s1. The van der Waals surface area contributed by atoms with E-state index in [4.69, 9.17) is 4.74 Å². The summed E-state index contributed by atoms with van der Waals surface area (Å²) in [5.74, 6) is 1.58. The van der Waals surface area contributed by atoms with Gasteiger partial charge >= 0.3 is 5.97 Å². The van der Waals surface area contributed by atoms with Gasteiger partial charge in [-0.25, -0.2) is 0 Å². The van der Waals surface area contributed by atoms with Crippen molar-refractivity contribution in [2.45, 2.75) is 19.8 Å². The quantitative estimate of drug-likeness (QED) is 0.456. The maximum absolute atomic E-state index is 11.5. The lowest BCUT2D eigenvalue weighted by atomic mass is 9.80. The lowest BCUT2D eigenvalue weighted by Gasteiger charge is -2.32. The second kappa shape index (κ2) is 3.17. The van der Waals surface area contributed by atoms with Crippen molar-refractivity contribution in [1.82, 2.24) is 0 Å². The van der Waals surface area contributed by atoms with E-state index in [1.54, 1.807) is 0 Å². The van der Waals surface area contributed by atoms with Crippen LogP contribution in [-0.2, 0) is 9.53 Å². The first-order valence-electron chi connectivity index (χ1n) is 5.03. The highest BCUT2D eigenvalue weighted by Gasteiger charge is 2.45. The van der Waals surface area contributed by atoms with Crippen LogP contribution in [0.25, 0.3) is 0 Å². The molecule has 0 N–H and O–H groups in total. The average Bonchev–Trinajstić information content (AvgIpc) is 2.50. The third-order valence-corrected chi connectivity index (χ3v) is 3.57. The van der Waals surface area contributed by atoms with Gasteiger partial charge < -0.3 is 4.74 Å². The first-order valence-corrected chi connectivity index (χ1v) is 5.03. The van der Waals surface area contributed by atoms with E-state index in [-0.39, 0.29) is 11.9 Å². The monoisotopic (exact) mass is 180 g/mol. The van der Waals surface area contributed by atoms with Crippen molar-refractivity contribution in [1.29, 1.82) is 0 Å². The van der Waals surface area contributed by atoms with Crippen molar-refractivity contribution < 1.29 is 9.53 Å². The first-order chi connectivity index (χ1) is 6.24. The van der Waals surface area contributed by atoms with Crippen LogP contribution in [-0.4, -0.2) is 12.6 Å². The maximum Gasteiger partial charge on any atom is 0.309 e. The van der Waals surface area contributed by atoms with E-state index in [1.165, 1.54) is 0 Å². The molecule has 0 aromatic carbocycles. The number of ether oxygens (including phenoxy) is 1. The highest BCUT2D eigenvalue weighted by molar-refractivity contribution is 5.74. The van der Waals surface area contributed by atoms with Crippen LogP contribution in [0.5, 0.6) is 0 Å². The number of esters is 1. The molecule has 1 heterocycles. The SMILES string of the molecule is C=C[C@H]1COC(=O)[C@H]2[C@@H]1CC[C@@H]2C. The molecule has 1 aliphatic heterocycles. The molecule has 2 fully saturated rings. The van der Waals surface area contributed by atoms with Crippen LogP contribution in [0.1, 0.15) is 19.8 Å². The molecule has 0 amide bonds. The zero-order valence-electron chi connectivity index (χ0n) is 8.03. The molecule has 1 aliphatic carbocycles. The van der Waals surface area contributed by atoms with Crippen molar-refractivity contribution in [2.24, 2.45) is 23.7 Å². The van der Waals surface area contributed by atoms with E-state index < -0.39 is 0 Å². The molecule has 1 saturated heterocycles. The molecule has 0 aromatic rings. The summed E-state index contributed by atoms with van der Waals surface area (Å²) in [6, 6.07) is 0. The van der Waals surface area contributed by atoms with Crippen LogP contribution < -0.4 is 0 Å². The Morgan fingerprint density at radius 2 is 2.31 bits per heavy atom. The molecule has 2 nitrogen and oxygen atoms in total. The highest BCUT2D eigenvalue weighted by atomic mass is 16.5. The van der Waals surface area contributed by atoms with Gasteiger partial charge in [0.25, 0.3) is 0 Å². The minimum absolute atomic E-state index is 0.0214. The van der Waals surface area contributed by atoms with Crippen LogP contribution in [0.2, 0.25) is 0 Å². The minimum atomic E-state index is 0.0214. The molecule has 0 unspecified atom stereocenters.